The van der Waals surface area contributed by atoms with Gasteiger partial charge in [0, 0.05) is 12.1 Å². The number of benzene rings is 1. The highest BCUT2D eigenvalue weighted by atomic mass is 16.5. The zero-order valence-corrected chi connectivity index (χ0v) is 9.28. The molecule has 0 aliphatic heterocycles. The first-order valence-corrected chi connectivity index (χ1v) is 5.37. The Kier molecular flexibility index (Phi) is 6.00. The van der Waals surface area contributed by atoms with Gasteiger partial charge in [-0.05, 0) is 25.6 Å². The van der Waals surface area contributed by atoms with E-state index in [1.807, 2.05) is 30.3 Å². The van der Waals surface area contributed by atoms with Gasteiger partial charge in [-0.1, -0.05) is 18.2 Å². The Balaban J connectivity index is 2.47. The molecule has 0 aliphatic carbocycles. The van der Waals surface area contributed by atoms with Crippen molar-refractivity contribution in [1.29, 1.82) is 5.26 Å². The molecule has 0 saturated carbocycles. The van der Waals surface area contributed by atoms with Crippen LogP contribution in [0.4, 0.5) is 0 Å². The smallest absolute Gasteiger partial charge is 0.174 e. The van der Waals surface area contributed by atoms with Gasteiger partial charge in [0.05, 0.1) is 0 Å². The van der Waals surface area contributed by atoms with E-state index in [0.29, 0.717) is 6.54 Å². The Labute approximate surface area is 96.0 Å². The van der Waals surface area contributed by atoms with Crippen LogP contribution < -0.4 is 15.8 Å². The molecule has 0 spiro atoms. The number of hydrogen-bond donors (Lipinski definition) is 2. The van der Waals surface area contributed by atoms with Gasteiger partial charge >= 0.3 is 0 Å². The minimum Gasteiger partial charge on any atom is -0.478 e. The molecule has 4 heteroatoms. The Bertz CT molecular complexity index is 346. The fraction of sp³-hybridized carbons (Fsp3) is 0.417. The zero-order valence-electron chi connectivity index (χ0n) is 9.28. The third-order valence-corrected chi connectivity index (χ3v) is 2.14. The highest BCUT2D eigenvalue weighted by Crippen LogP contribution is 2.17. The first-order valence-electron chi connectivity index (χ1n) is 5.37. The summed E-state index contributed by atoms with van der Waals surface area (Å²) in [5.41, 5.74) is 6.47. The molecule has 0 aliphatic rings. The molecule has 1 rings (SSSR count). The number of para-hydroxylation sites is 1. The summed E-state index contributed by atoms with van der Waals surface area (Å²) < 4.78 is 5.32. The normalized spacial score (nSPS) is 9.75. The maximum atomic E-state index is 8.46. The first kappa shape index (κ1) is 12.5. The highest BCUT2D eigenvalue weighted by Gasteiger charge is 2.01. The number of nitrogens with zero attached hydrogens (tertiary/aromatic N) is 1. The van der Waals surface area contributed by atoms with Gasteiger partial charge in [-0.15, -0.1) is 0 Å². The predicted molar refractivity (Wildman–Crippen MR) is 62.9 cm³/mol. The third-order valence-electron chi connectivity index (χ3n) is 2.14. The molecule has 0 radical (unpaired) electrons. The topological polar surface area (TPSA) is 71.1 Å². The monoisotopic (exact) mass is 219 g/mol. The van der Waals surface area contributed by atoms with Gasteiger partial charge in [0.15, 0.2) is 6.61 Å². The van der Waals surface area contributed by atoms with Crippen LogP contribution in [-0.2, 0) is 6.54 Å². The maximum absolute atomic E-state index is 8.46. The van der Waals surface area contributed by atoms with E-state index in [9.17, 15) is 0 Å². The van der Waals surface area contributed by atoms with E-state index < -0.39 is 0 Å². The quantitative estimate of drug-likeness (QED) is 0.672. The summed E-state index contributed by atoms with van der Waals surface area (Å²) in [4.78, 5) is 0. The van der Waals surface area contributed by atoms with Crippen molar-refractivity contribution in [3.8, 4) is 11.8 Å². The molecule has 1 aromatic rings. The fourth-order valence-electron chi connectivity index (χ4n) is 1.35. The second-order valence-electron chi connectivity index (χ2n) is 3.37. The van der Waals surface area contributed by atoms with Gasteiger partial charge in [0.25, 0.3) is 0 Å². The van der Waals surface area contributed by atoms with Crippen LogP contribution in [0.15, 0.2) is 24.3 Å². The minimum atomic E-state index is 0.0831. The van der Waals surface area contributed by atoms with Gasteiger partial charge in [-0.3, -0.25) is 0 Å². The van der Waals surface area contributed by atoms with Gasteiger partial charge in [-0.25, -0.2) is 0 Å². The van der Waals surface area contributed by atoms with E-state index in [0.717, 1.165) is 30.8 Å². The van der Waals surface area contributed by atoms with Crippen molar-refractivity contribution in [3.63, 3.8) is 0 Å². The van der Waals surface area contributed by atoms with Crippen molar-refractivity contribution in [2.75, 3.05) is 19.7 Å². The van der Waals surface area contributed by atoms with E-state index in [1.165, 1.54) is 0 Å². The van der Waals surface area contributed by atoms with Crippen LogP contribution in [-0.4, -0.2) is 19.7 Å². The van der Waals surface area contributed by atoms with Crippen LogP contribution in [0.1, 0.15) is 12.0 Å². The van der Waals surface area contributed by atoms with Gasteiger partial charge in [0.1, 0.15) is 11.8 Å². The minimum absolute atomic E-state index is 0.0831. The first-order chi connectivity index (χ1) is 7.88. The second-order valence-corrected chi connectivity index (χ2v) is 3.37. The van der Waals surface area contributed by atoms with Crippen molar-refractivity contribution >= 4 is 0 Å². The Morgan fingerprint density at radius 1 is 1.38 bits per heavy atom. The number of rotatable bonds is 7. The van der Waals surface area contributed by atoms with E-state index >= 15 is 0 Å². The lowest BCUT2D eigenvalue weighted by molar-refractivity contribution is 0.362. The molecule has 0 amide bonds. The van der Waals surface area contributed by atoms with Crippen LogP contribution in [0.25, 0.3) is 0 Å². The van der Waals surface area contributed by atoms with Crippen LogP contribution in [0.2, 0.25) is 0 Å². The third kappa shape index (κ3) is 4.30. The van der Waals surface area contributed by atoms with Gasteiger partial charge < -0.3 is 15.8 Å². The summed E-state index contributed by atoms with van der Waals surface area (Å²) in [7, 11) is 0. The lowest BCUT2D eigenvalue weighted by atomic mass is 10.2. The average molecular weight is 219 g/mol. The molecule has 0 bridgehead atoms. The molecule has 0 atom stereocenters. The van der Waals surface area contributed by atoms with Gasteiger partial charge in [-0.2, -0.15) is 5.26 Å². The molecular formula is C12H17N3O. The van der Waals surface area contributed by atoms with E-state index in [2.05, 4.69) is 5.32 Å². The lowest BCUT2D eigenvalue weighted by Gasteiger charge is -2.09. The molecule has 16 heavy (non-hydrogen) atoms. The van der Waals surface area contributed by atoms with Crippen molar-refractivity contribution in [1.82, 2.24) is 5.32 Å². The van der Waals surface area contributed by atoms with Crippen LogP contribution in [0.5, 0.6) is 5.75 Å². The van der Waals surface area contributed by atoms with Crippen molar-refractivity contribution in [2.45, 2.75) is 13.0 Å². The molecule has 4 nitrogen and oxygen atoms in total. The fourth-order valence-corrected chi connectivity index (χ4v) is 1.35. The van der Waals surface area contributed by atoms with Crippen molar-refractivity contribution in [3.05, 3.63) is 29.8 Å². The summed E-state index contributed by atoms with van der Waals surface area (Å²) in [5.74, 6) is 0.768. The maximum Gasteiger partial charge on any atom is 0.174 e. The average Bonchev–Trinajstić information content (AvgIpc) is 2.33. The van der Waals surface area contributed by atoms with E-state index in [1.54, 1.807) is 0 Å². The molecule has 1 aromatic carbocycles. The molecule has 0 aromatic heterocycles. The predicted octanol–water partition coefficient (Wildman–Crippen LogP) is 1.03. The number of ether oxygens (including phenoxy) is 1. The number of nitriles is 1. The van der Waals surface area contributed by atoms with E-state index in [-0.39, 0.29) is 6.61 Å². The Morgan fingerprint density at radius 3 is 2.94 bits per heavy atom. The SMILES string of the molecule is N#CCOc1ccccc1CNCCCN. The second kappa shape index (κ2) is 7.69. The molecule has 0 fully saturated rings. The summed E-state index contributed by atoms with van der Waals surface area (Å²) in [6.07, 6.45) is 0.960. The Morgan fingerprint density at radius 2 is 2.19 bits per heavy atom. The van der Waals surface area contributed by atoms with Crippen LogP contribution in [0, 0.1) is 11.3 Å². The van der Waals surface area contributed by atoms with Crippen molar-refractivity contribution < 1.29 is 4.74 Å². The van der Waals surface area contributed by atoms with Crippen LogP contribution >= 0.6 is 0 Å². The summed E-state index contributed by atoms with van der Waals surface area (Å²) >= 11 is 0. The lowest BCUT2D eigenvalue weighted by Crippen LogP contribution is -2.18. The molecule has 0 heterocycles. The number of nitrogens with two attached hydrogens (primary N) is 1. The summed E-state index contributed by atoms with van der Waals surface area (Å²) in [6, 6.07) is 9.68. The number of nitrogens with one attached hydrogen (secondary N) is 1. The van der Waals surface area contributed by atoms with Crippen molar-refractivity contribution in [2.24, 2.45) is 5.73 Å². The zero-order chi connectivity index (χ0) is 11.6. The Hall–Kier alpha value is -1.57. The summed E-state index contributed by atoms with van der Waals surface area (Å²) in [5, 5.41) is 11.7. The molecule has 0 unspecified atom stereocenters. The highest BCUT2D eigenvalue weighted by molar-refractivity contribution is 5.33. The summed E-state index contributed by atoms with van der Waals surface area (Å²) in [6.45, 7) is 2.41. The standard InChI is InChI=1S/C12H17N3O/c13-6-3-8-15-10-11-4-1-2-5-12(11)16-9-7-14/h1-2,4-5,15H,3,6,8-10,13H2. The molecule has 3 N–H and O–H groups in total. The van der Waals surface area contributed by atoms with Crippen LogP contribution in [0.3, 0.4) is 0 Å². The molecular weight excluding hydrogens is 202 g/mol. The molecule has 0 saturated heterocycles. The number of hydrogen-bond acceptors (Lipinski definition) is 4. The largest absolute Gasteiger partial charge is 0.478 e. The van der Waals surface area contributed by atoms with Gasteiger partial charge in [0.2, 0.25) is 0 Å². The van der Waals surface area contributed by atoms with E-state index in [4.69, 9.17) is 15.7 Å². The molecule has 86 valence electrons.